The molecule has 1 aromatic carbocycles. The summed E-state index contributed by atoms with van der Waals surface area (Å²) in [4.78, 5) is 0. The number of allylic oxidation sites excluding steroid dienone is 1. The van der Waals surface area contributed by atoms with E-state index in [2.05, 4.69) is 42.4 Å². The predicted octanol–water partition coefficient (Wildman–Crippen LogP) is 5.38. The molecular weight excluding hydrogens is 300 g/mol. The van der Waals surface area contributed by atoms with Crippen LogP contribution < -0.4 is 4.74 Å². The number of halogens is 1. The minimum absolute atomic E-state index is 0.356. The quantitative estimate of drug-likeness (QED) is 0.678. The van der Waals surface area contributed by atoms with Crippen LogP contribution in [0.5, 0.6) is 5.75 Å². The van der Waals surface area contributed by atoms with Gasteiger partial charge < -0.3 is 4.74 Å². The monoisotopic (exact) mass is 322 g/mol. The molecule has 19 heavy (non-hydrogen) atoms. The molecule has 0 aromatic heterocycles. The first kappa shape index (κ1) is 14.6. The molecule has 1 fully saturated rings. The van der Waals surface area contributed by atoms with Crippen molar-refractivity contribution in [3.63, 3.8) is 0 Å². The summed E-state index contributed by atoms with van der Waals surface area (Å²) in [6, 6.07) is 6.26. The third kappa shape index (κ3) is 3.22. The van der Waals surface area contributed by atoms with E-state index in [1.807, 2.05) is 12.1 Å². The van der Waals surface area contributed by atoms with Crippen molar-refractivity contribution in [1.82, 2.24) is 0 Å². The first-order chi connectivity index (χ1) is 8.94. The van der Waals surface area contributed by atoms with E-state index in [0.29, 0.717) is 11.3 Å². The fourth-order valence-electron chi connectivity index (χ4n) is 3.13. The molecule has 0 N–H and O–H groups in total. The molecule has 1 atom stereocenters. The molecule has 1 aromatic rings. The van der Waals surface area contributed by atoms with Gasteiger partial charge in [-0.25, -0.2) is 0 Å². The second-order valence-electron chi connectivity index (χ2n) is 6.21. The Hall–Kier alpha value is -0.760. The molecule has 0 heterocycles. The summed E-state index contributed by atoms with van der Waals surface area (Å²) in [5, 5.41) is 0. The van der Waals surface area contributed by atoms with Gasteiger partial charge in [0.2, 0.25) is 0 Å². The van der Waals surface area contributed by atoms with Gasteiger partial charge in [-0.3, -0.25) is 0 Å². The molecular formula is C17H23BrO. The molecule has 1 saturated carbocycles. The van der Waals surface area contributed by atoms with E-state index in [0.717, 1.165) is 16.6 Å². The van der Waals surface area contributed by atoms with Gasteiger partial charge in [-0.15, -0.1) is 0 Å². The fourth-order valence-corrected chi connectivity index (χ4v) is 3.65. The van der Waals surface area contributed by atoms with Crippen molar-refractivity contribution in [2.45, 2.75) is 39.5 Å². The number of rotatable bonds is 3. The van der Waals surface area contributed by atoms with E-state index in [9.17, 15) is 0 Å². The van der Waals surface area contributed by atoms with Crippen molar-refractivity contribution in [3.8, 4) is 5.75 Å². The predicted molar refractivity (Wildman–Crippen MR) is 84.7 cm³/mol. The lowest BCUT2D eigenvalue weighted by Crippen LogP contribution is -2.31. The number of hydrogen-bond donors (Lipinski definition) is 0. The zero-order valence-corrected chi connectivity index (χ0v) is 13.7. The SMILES string of the molecule is C=C1CCCC(C)(C)[C@@H]1Cc1ccc(OC)cc1Br. The highest BCUT2D eigenvalue weighted by Gasteiger charge is 2.34. The first-order valence-electron chi connectivity index (χ1n) is 6.94. The average Bonchev–Trinajstić information content (AvgIpc) is 2.35. The lowest BCUT2D eigenvalue weighted by atomic mass is 9.65. The molecule has 1 aliphatic carbocycles. The minimum atomic E-state index is 0.356. The van der Waals surface area contributed by atoms with Crippen LogP contribution in [0.25, 0.3) is 0 Å². The zero-order chi connectivity index (χ0) is 14.0. The Morgan fingerprint density at radius 2 is 2.16 bits per heavy atom. The third-order valence-electron chi connectivity index (χ3n) is 4.44. The molecule has 0 aliphatic heterocycles. The summed E-state index contributed by atoms with van der Waals surface area (Å²) >= 11 is 3.66. The summed E-state index contributed by atoms with van der Waals surface area (Å²) in [6.45, 7) is 9.06. The lowest BCUT2D eigenvalue weighted by Gasteiger charge is -2.40. The van der Waals surface area contributed by atoms with Gasteiger partial charge in [-0.1, -0.05) is 48.0 Å². The van der Waals surface area contributed by atoms with Crippen molar-refractivity contribution < 1.29 is 4.74 Å². The van der Waals surface area contributed by atoms with Gasteiger partial charge in [-0.2, -0.15) is 0 Å². The van der Waals surface area contributed by atoms with Crippen LogP contribution >= 0.6 is 15.9 Å². The van der Waals surface area contributed by atoms with E-state index in [1.165, 1.54) is 30.4 Å². The third-order valence-corrected chi connectivity index (χ3v) is 5.18. The molecule has 0 bridgehead atoms. The summed E-state index contributed by atoms with van der Waals surface area (Å²) in [7, 11) is 1.70. The van der Waals surface area contributed by atoms with Crippen LogP contribution in [-0.2, 0) is 6.42 Å². The maximum Gasteiger partial charge on any atom is 0.120 e. The molecule has 2 heteroatoms. The van der Waals surface area contributed by atoms with Crippen LogP contribution in [-0.4, -0.2) is 7.11 Å². The van der Waals surface area contributed by atoms with Crippen molar-refractivity contribution in [2.75, 3.05) is 7.11 Å². The Balaban J connectivity index is 2.22. The van der Waals surface area contributed by atoms with Crippen LogP contribution in [0.1, 0.15) is 38.7 Å². The van der Waals surface area contributed by atoms with Crippen LogP contribution in [0.4, 0.5) is 0 Å². The molecule has 1 aliphatic rings. The molecule has 104 valence electrons. The topological polar surface area (TPSA) is 9.23 Å². The van der Waals surface area contributed by atoms with E-state index < -0.39 is 0 Å². The Bertz CT molecular complexity index is 476. The number of methoxy groups -OCH3 is 1. The Morgan fingerprint density at radius 1 is 1.42 bits per heavy atom. The Labute approximate surface area is 125 Å². The number of hydrogen-bond acceptors (Lipinski definition) is 1. The molecule has 0 spiro atoms. The maximum atomic E-state index is 5.25. The first-order valence-corrected chi connectivity index (χ1v) is 7.73. The van der Waals surface area contributed by atoms with Crippen molar-refractivity contribution >= 4 is 15.9 Å². The lowest BCUT2D eigenvalue weighted by molar-refractivity contribution is 0.189. The largest absolute Gasteiger partial charge is 0.497 e. The van der Waals surface area contributed by atoms with Gasteiger partial charge in [0.25, 0.3) is 0 Å². The summed E-state index contributed by atoms with van der Waals surface area (Å²) < 4.78 is 6.39. The highest BCUT2D eigenvalue weighted by molar-refractivity contribution is 9.10. The highest BCUT2D eigenvalue weighted by atomic mass is 79.9. The van der Waals surface area contributed by atoms with Gasteiger partial charge in [0.15, 0.2) is 0 Å². The normalized spacial score (nSPS) is 22.3. The maximum absolute atomic E-state index is 5.25. The molecule has 0 amide bonds. The summed E-state index contributed by atoms with van der Waals surface area (Å²) in [5.41, 5.74) is 3.12. The highest BCUT2D eigenvalue weighted by Crippen LogP contribution is 2.45. The number of benzene rings is 1. The average molecular weight is 323 g/mol. The van der Waals surface area contributed by atoms with Crippen LogP contribution in [0.15, 0.2) is 34.8 Å². The van der Waals surface area contributed by atoms with Crippen molar-refractivity contribution in [1.29, 1.82) is 0 Å². The molecule has 0 radical (unpaired) electrons. The fraction of sp³-hybridized carbons (Fsp3) is 0.529. The van der Waals surface area contributed by atoms with Gasteiger partial charge in [0, 0.05) is 4.47 Å². The van der Waals surface area contributed by atoms with Crippen LogP contribution in [0.3, 0.4) is 0 Å². The second-order valence-corrected chi connectivity index (χ2v) is 7.07. The summed E-state index contributed by atoms with van der Waals surface area (Å²) in [5.74, 6) is 1.48. The standard InChI is InChI=1S/C17H23BrO/c1-12-6-5-9-17(2,3)15(12)10-13-7-8-14(19-4)11-16(13)18/h7-8,11,15H,1,5-6,9-10H2,2-4H3/t15-/m1/s1. The number of ether oxygens (including phenoxy) is 1. The van der Waals surface area contributed by atoms with Gasteiger partial charge in [-0.05, 0) is 54.7 Å². The molecule has 0 unspecified atom stereocenters. The Morgan fingerprint density at radius 3 is 2.74 bits per heavy atom. The van der Waals surface area contributed by atoms with Gasteiger partial charge in [0.05, 0.1) is 7.11 Å². The van der Waals surface area contributed by atoms with Gasteiger partial charge >= 0.3 is 0 Å². The smallest absolute Gasteiger partial charge is 0.120 e. The second kappa shape index (κ2) is 5.70. The Kier molecular flexibility index (Phi) is 4.39. The minimum Gasteiger partial charge on any atom is -0.497 e. The van der Waals surface area contributed by atoms with Crippen molar-refractivity contribution in [3.05, 3.63) is 40.4 Å². The van der Waals surface area contributed by atoms with Crippen LogP contribution in [0, 0.1) is 11.3 Å². The van der Waals surface area contributed by atoms with Crippen LogP contribution in [0.2, 0.25) is 0 Å². The van der Waals surface area contributed by atoms with Gasteiger partial charge in [0.1, 0.15) is 5.75 Å². The molecule has 2 rings (SSSR count). The zero-order valence-electron chi connectivity index (χ0n) is 12.1. The van der Waals surface area contributed by atoms with Crippen molar-refractivity contribution in [2.24, 2.45) is 11.3 Å². The van der Waals surface area contributed by atoms with E-state index in [4.69, 9.17) is 4.74 Å². The van der Waals surface area contributed by atoms with E-state index >= 15 is 0 Å². The molecule has 1 nitrogen and oxygen atoms in total. The van der Waals surface area contributed by atoms with E-state index in [-0.39, 0.29) is 0 Å². The summed E-state index contributed by atoms with van der Waals surface area (Å²) in [6.07, 6.45) is 4.83. The molecule has 0 saturated heterocycles. The van der Waals surface area contributed by atoms with E-state index in [1.54, 1.807) is 7.11 Å².